The van der Waals surface area contributed by atoms with E-state index in [-0.39, 0.29) is 0 Å². The highest BCUT2D eigenvalue weighted by Crippen LogP contribution is 2.12. The van der Waals surface area contributed by atoms with Gasteiger partial charge in [0.1, 0.15) is 0 Å². The zero-order chi connectivity index (χ0) is 11.4. The Bertz CT molecular complexity index is 335. The molecule has 2 unspecified atom stereocenters. The maximum atomic E-state index is 3.69. The van der Waals surface area contributed by atoms with Crippen LogP contribution in [0.2, 0.25) is 0 Å². The summed E-state index contributed by atoms with van der Waals surface area (Å²) in [4.78, 5) is 0. The fourth-order valence-corrected chi connectivity index (χ4v) is 2.37. The van der Waals surface area contributed by atoms with E-state index >= 15 is 0 Å². The van der Waals surface area contributed by atoms with Gasteiger partial charge < -0.3 is 10.6 Å². The second-order valence-corrected chi connectivity index (χ2v) is 4.88. The van der Waals surface area contributed by atoms with Gasteiger partial charge >= 0.3 is 0 Å². The van der Waals surface area contributed by atoms with E-state index in [0.717, 1.165) is 25.6 Å². The lowest BCUT2D eigenvalue weighted by atomic mass is 9.95. The maximum absolute atomic E-state index is 3.69. The van der Waals surface area contributed by atoms with Crippen LogP contribution < -0.4 is 10.6 Å². The van der Waals surface area contributed by atoms with Crippen LogP contribution in [-0.4, -0.2) is 19.1 Å². The number of nitrogens with one attached hydrogen (secondary N) is 2. The van der Waals surface area contributed by atoms with Crippen LogP contribution in [0.1, 0.15) is 24.5 Å². The molecule has 0 bridgehead atoms. The summed E-state index contributed by atoms with van der Waals surface area (Å²) < 4.78 is 0. The van der Waals surface area contributed by atoms with Crippen molar-refractivity contribution in [2.24, 2.45) is 5.92 Å². The summed E-state index contributed by atoms with van der Waals surface area (Å²) in [6.45, 7) is 7.80. The van der Waals surface area contributed by atoms with Crippen molar-refractivity contribution >= 4 is 0 Å². The summed E-state index contributed by atoms with van der Waals surface area (Å²) in [6, 6.07) is 9.29. The Labute approximate surface area is 98.4 Å². The van der Waals surface area contributed by atoms with Crippen LogP contribution in [0.5, 0.6) is 0 Å². The fraction of sp³-hybridized carbons (Fsp3) is 0.571. The van der Waals surface area contributed by atoms with E-state index in [9.17, 15) is 0 Å². The van der Waals surface area contributed by atoms with Crippen LogP contribution in [-0.2, 0) is 6.54 Å². The van der Waals surface area contributed by atoms with Crippen molar-refractivity contribution in [2.75, 3.05) is 13.1 Å². The van der Waals surface area contributed by atoms with Gasteiger partial charge in [-0.05, 0) is 43.5 Å². The summed E-state index contributed by atoms with van der Waals surface area (Å²) in [5.74, 6) is 0.734. The number of aryl methyl sites for hydroxylation is 1. The Balaban J connectivity index is 1.89. The Morgan fingerprint density at radius 2 is 2.19 bits per heavy atom. The molecular weight excluding hydrogens is 196 g/mol. The lowest BCUT2D eigenvalue weighted by molar-refractivity contribution is 0.295. The van der Waals surface area contributed by atoms with Crippen LogP contribution in [0.4, 0.5) is 0 Å². The van der Waals surface area contributed by atoms with Gasteiger partial charge in [0.05, 0.1) is 0 Å². The molecule has 0 radical (unpaired) electrons. The minimum atomic E-state index is 0.667. The van der Waals surface area contributed by atoms with Gasteiger partial charge in [-0.1, -0.05) is 31.2 Å². The lowest BCUT2D eigenvalue weighted by Crippen LogP contribution is -2.46. The van der Waals surface area contributed by atoms with Crippen molar-refractivity contribution in [2.45, 2.75) is 32.9 Å². The maximum Gasteiger partial charge on any atom is 0.0210 e. The van der Waals surface area contributed by atoms with E-state index in [1.54, 1.807) is 0 Å². The number of hydrogen-bond acceptors (Lipinski definition) is 2. The minimum Gasteiger partial charge on any atom is -0.316 e. The molecule has 1 aromatic carbocycles. The molecule has 0 saturated carbocycles. The van der Waals surface area contributed by atoms with Crippen molar-refractivity contribution in [3.63, 3.8) is 0 Å². The molecule has 2 rings (SSSR count). The van der Waals surface area contributed by atoms with Gasteiger partial charge in [0, 0.05) is 12.6 Å². The predicted molar refractivity (Wildman–Crippen MR) is 68.5 cm³/mol. The molecule has 1 fully saturated rings. The molecule has 2 N–H and O–H groups in total. The van der Waals surface area contributed by atoms with Crippen molar-refractivity contribution in [1.82, 2.24) is 10.6 Å². The van der Waals surface area contributed by atoms with Gasteiger partial charge in [0.25, 0.3) is 0 Å². The van der Waals surface area contributed by atoms with Crippen LogP contribution in [0.3, 0.4) is 0 Å². The number of piperidine rings is 1. The molecule has 0 spiro atoms. The number of rotatable bonds is 3. The monoisotopic (exact) mass is 218 g/mol. The van der Waals surface area contributed by atoms with E-state index in [1.807, 2.05) is 0 Å². The highest BCUT2D eigenvalue weighted by molar-refractivity contribution is 5.25. The summed E-state index contributed by atoms with van der Waals surface area (Å²) >= 11 is 0. The fourth-order valence-electron chi connectivity index (χ4n) is 2.37. The van der Waals surface area contributed by atoms with Gasteiger partial charge in [-0.2, -0.15) is 0 Å². The van der Waals surface area contributed by atoms with E-state index < -0.39 is 0 Å². The average molecular weight is 218 g/mol. The third-order valence-electron chi connectivity index (χ3n) is 3.60. The Morgan fingerprint density at radius 3 is 2.94 bits per heavy atom. The largest absolute Gasteiger partial charge is 0.316 e. The Morgan fingerprint density at radius 1 is 1.38 bits per heavy atom. The standard InChI is InChI=1S/C14H22N2/c1-11-5-3-4-6-13(11)10-16-14-7-8-15-9-12(14)2/h3-6,12,14-16H,7-10H2,1-2H3. The van der Waals surface area contributed by atoms with Crippen LogP contribution >= 0.6 is 0 Å². The molecule has 0 amide bonds. The topological polar surface area (TPSA) is 24.1 Å². The van der Waals surface area contributed by atoms with E-state index in [1.165, 1.54) is 17.5 Å². The second-order valence-electron chi connectivity index (χ2n) is 4.88. The van der Waals surface area contributed by atoms with Gasteiger partial charge in [0.2, 0.25) is 0 Å². The molecule has 0 aliphatic carbocycles. The van der Waals surface area contributed by atoms with Crippen molar-refractivity contribution in [1.29, 1.82) is 0 Å². The summed E-state index contributed by atoms with van der Waals surface area (Å²) in [6.07, 6.45) is 1.24. The molecule has 1 aliphatic heterocycles. The first-order valence-electron chi connectivity index (χ1n) is 6.26. The highest BCUT2D eigenvalue weighted by atomic mass is 15.0. The zero-order valence-corrected chi connectivity index (χ0v) is 10.3. The van der Waals surface area contributed by atoms with Crippen molar-refractivity contribution in [3.05, 3.63) is 35.4 Å². The smallest absolute Gasteiger partial charge is 0.0210 e. The molecule has 2 nitrogen and oxygen atoms in total. The highest BCUT2D eigenvalue weighted by Gasteiger charge is 2.20. The van der Waals surface area contributed by atoms with E-state index in [0.29, 0.717) is 6.04 Å². The molecule has 1 saturated heterocycles. The van der Waals surface area contributed by atoms with Crippen LogP contribution in [0, 0.1) is 12.8 Å². The summed E-state index contributed by atoms with van der Waals surface area (Å²) in [5, 5.41) is 7.12. The lowest BCUT2D eigenvalue weighted by Gasteiger charge is -2.30. The van der Waals surface area contributed by atoms with Gasteiger partial charge in [-0.3, -0.25) is 0 Å². The van der Waals surface area contributed by atoms with Crippen LogP contribution in [0.15, 0.2) is 24.3 Å². The van der Waals surface area contributed by atoms with Gasteiger partial charge in [0.15, 0.2) is 0 Å². The number of benzene rings is 1. The van der Waals surface area contributed by atoms with Crippen molar-refractivity contribution in [3.8, 4) is 0 Å². The first kappa shape index (κ1) is 11.6. The molecule has 0 aromatic heterocycles. The minimum absolute atomic E-state index is 0.667. The quantitative estimate of drug-likeness (QED) is 0.811. The molecule has 2 atom stereocenters. The normalized spacial score (nSPS) is 25.6. The Kier molecular flexibility index (Phi) is 3.97. The average Bonchev–Trinajstić information content (AvgIpc) is 2.30. The Hall–Kier alpha value is -0.860. The summed E-state index contributed by atoms with van der Waals surface area (Å²) in [7, 11) is 0. The molecular formula is C14H22N2. The predicted octanol–water partition coefficient (Wildman–Crippen LogP) is 2.08. The zero-order valence-electron chi connectivity index (χ0n) is 10.3. The van der Waals surface area contributed by atoms with Gasteiger partial charge in [-0.25, -0.2) is 0 Å². The third kappa shape index (κ3) is 2.83. The third-order valence-corrected chi connectivity index (χ3v) is 3.60. The second kappa shape index (κ2) is 5.46. The molecule has 2 heteroatoms. The SMILES string of the molecule is Cc1ccccc1CNC1CCNCC1C. The van der Waals surface area contributed by atoms with Crippen molar-refractivity contribution < 1.29 is 0 Å². The number of hydrogen-bond donors (Lipinski definition) is 2. The summed E-state index contributed by atoms with van der Waals surface area (Å²) in [5.41, 5.74) is 2.81. The first-order valence-corrected chi connectivity index (χ1v) is 6.26. The molecule has 1 aromatic rings. The van der Waals surface area contributed by atoms with E-state index in [2.05, 4.69) is 48.7 Å². The van der Waals surface area contributed by atoms with E-state index in [4.69, 9.17) is 0 Å². The molecule has 1 aliphatic rings. The van der Waals surface area contributed by atoms with Crippen LogP contribution in [0.25, 0.3) is 0 Å². The molecule has 1 heterocycles. The first-order chi connectivity index (χ1) is 7.77. The molecule has 88 valence electrons. The van der Waals surface area contributed by atoms with Gasteiger partial charge in [-0.15, -0.1) is 0 Å². The molecule has 16 heavy (non-hydrogen) atoms.